The Morgan fingerprint density at radius 1 is 0.933 bits per heavy atom. The van der Waals surface area contributed by atoms with Gasteiger partial charge in [-0.2, -0.15) is 0 Å². The van der Waals surface area contributed by atoms with Crippen LogP contribution in [0.1, 0.15) is 29.3 Å². The van der Waals surface area contributed by atoms with Gasteiger partial charge in [0.25, 0.3) is 5.56 Å². The second kappa shape index (κ2) is 9.93. The standard InChI is InChI=1S/C23H26N2O5/c1-4-18-19(12-17-10-11-20(28-2)21(13-17)29-3)25(23(27)24-22(18)26)15-30-14-16-8-6-5-7-9-16/h5-11,13H,4,12,14-15H2,1-3H3,(H,24,26,27). The largest absolute Gasteiger partial charge is 0.493 e. The third-order valence-electron chi connectivity index (χ3n) is 4.92. The zero-order chi connectivity index (χ0) is 21.5. The first-order valence-electron chi connectivity index (χ1n) is 9.74. The van der Waals surface area contributed by atoms with Gasteiger partial charge in [0.15, 0.2) is 11.5 Å². The van der Waals surface area contributed by atoms with Crippen molar-refractivity contribution in [2.24, 2.45) is 0 Å². The van der Waals surface area contributed by atoms with Gasteiger partial charge in [0.1, 0.15) is 6.73 Å². The molecule has 0 amide bonds. The molecule has 0 aliphatic carbocycles. The first kappa shape index (κ1) is 21.4. The zero-order valence-electron chi connectivity index (χ0n) is 17.4. The molecule has 0 saturated carbocycles. The maximum absolute atomic E-state index is 12.6. The minimum Gasteiger partial charge on any atom is -0.493 e. The summed E-state index contributed by atoms with van der Waals surface area (Å²) < 4.78 is 17.9. The molecule has 0 saturated heterocycles. The van der Waals surface area contributed by atoms with Crippen molar-refractivity contribution in [1.82, 2.24) is 9.55 Å². The number of hydrogen-bond donors (Lipinski definition) is 1. The van der Waals surface area contributed by atoms with E-state index >= 15 is 0 Å². The van der Waals surface area contributed by atoms with Crippen molar-refractivity contribution in [1.29, 1.82) is 0 Å². The average Bonchev–Trinajstić information content (AvgIpc) is 2.76. The summed E-state index contributed by atoms with van der Waals surface area (Å²) in [7, 11) is 3.14. The van der Waals surface area contributed by atoms with Crippen LogP contribution in [-0.4, -0.2) is 23.8 Å². The van der Waals surface area contributed by atoms with Crippen LogP contribution in [0, 0.1) is 0 Å². The second-order valence-electron chi connectivity index (χ2n) is 6.80. The Balaban J connectivity index is 1.93. The topological polar surface area (TPSA) is 82.6 Å². The van der Waals surface area contributed by atoms with Crippen LogP contribution in [0.25, 0.3) is 0 Å². The molecule has 0 unspecified atom stereocenters. The van der Waals surface area contributed by atoms with Gasteiger partial charge >= 0.3 is 5.69 Å². The van der Waals surface area contributed by atoms with Crippen LogP contribution in [0.2, 0.25) is 0 Å². The third kappa shape index (κ3) is 4.80. The van der Waals surface area contributed by atoms with E-state index < -0.39 is 5.69 Å². The number of ether oxygens (including phenoxy) is 3. The molecule has 0 radical (unpaired) electrons. The van der Waals surface area contributed by atoms with Crippen LogP contribution >= 0.6 is 0 Å². The third-order valence-corrected chi connectivity index (χ3v) is 4.92. The van der Waals surface area contributed by atoms with E-state index in [0.717, 1.165) is 11.1 Å². The van der Waals surface area contributed by atoms with Crippen molar-refractivity contribution in [3.8, 4) is 11.5 Å². The summed E-state index contributed by atoms with van der Waals surface area (Å²) in [5.41, 5.74) is 2.24. The molecule has 7 nitrogen and oxygen atoms in total. The molecule has 0 aliphatic heterocycles. The number of hydrogen-bond acceptors (Lipinski definition) is 5. The Hall–Kier alpha value is -3.32. The van der Waals surface area contributed by atoms with E-state index in [-0.39, 0.29) is 12.3 Å². The molecule has 3 aromatic rings. The molecule has 0 aliphatic rings. The molecule has 7 heteroatoms. The number of rotatable bonds is 9. The Kier molecular flexibility index (Phi) is 7.08. The van der Waals surface area contributed by atoms with Gasteiger partial charge < -0.3 is 14.2 Å². The van der Waals surface area contributed by atoms with E-state index in [1.807, 2.05) is 49.4 Å². The van der Waals surface area contributed by atoms with E-state index in [0.29, 0.717) is 42.2 Å². The summed E-state index contributed by atoms with van der Waals surface area (Å²) in [6.45, 7) is 2.30. The van der Waals surface area contributed by atoms with Gasteiger partial charge in [-0.25, -0.2) is 4.79 Å². The van der Waals surface area contributed by atoms with Gasteiger partial charge in [0.2, 0.25) is 0 Å². The van der Waals surface area contributed by atoms with E-state index in [9.17, 15) is 9.59 Å². The summed E-state index contributed by atoms with van der Waals surface area (Å²) in [4.78, 5) is 27.4. The summed E-state index contributed by atoms with van der Waals surface area (Å²) in [6.07, 6.45) is 0.883. The molecule has 0 fully saturated rings. The predicted octanol–water partition coefficient (Wildman–Crippen LogP) is 2.88. The average molecular weight is 410 g/mol. The maximum atomic E-state index is 12.6. The van der Waals surface area contributed by atoms with Gasteiger partial charge in [-0.15, -0.1) is 0 Å². The fourth-order valence-electron chi connectivity index (χ4n) is 3.37. The van der Waals surface area contributed by atoms with Gasteiger partial charge in [0, 0.05) is 17.7 Å². The molecule has 0 atom stereocenters. The fourth-order valence-corrected chi connectivity index (χ4v) is 3.37. The Bertz CT molecular complexity index is 1100. The molecule has 0 bridgehead atoms. The van der Waals surface area contributed by atoms with E-state index in [4.69, 9.17) is 14.2 Å². The molecule has 1 N–H and O–H groups in total. The van der Waals surface area contributed by atoms with Crippen molar-refractivity contribution in [3.05, 3.63) is 91.8 Å². The molecule has 30 heavy (non-hydrogen) atoms. The molecule has 3 rings (SSSR count). The molecule has 0 spiro atoms. The maximum Gasteiger partial charge on any atom is 0.330 e. The van der Waals surface area contributed by atoms with Gasteiger partial charge in [-0.3, -0.25) is 14.3 Å². The van der Waals surface area contributed by atoms with Crippen LogP contribution in [0.15, 0.2) is 58.1 Å². The van der Waals surface area contributed by atoms with Crippen molar-refractivity contribution >= 4 is 0 Å². The molecular weight excluding hydrogens is 384 g/mol. The summed E-state index contributed by atoms with van der Waals surface area (Å²) in [5, 5.41) is 0. The highest BCUT2D eigenvalue weighted by Crippen LogP contribution is 2.28. The SMILES string of the molecule is CCc1c(Cc2ccc(OC)c(OC)c2)n(COCc2ccccc2)c(=O)[nH]c1=O. The van der Waals surface area contributed by atoms with Crippen LogP contribution in [-0.2, 0) is 30.9 Å². The highest BCUT2D eigenvalue weighted by molar-refractivity contribution is 5.44. The van der Waals surface area contributed by atoms with Crippen molar-refractivity contribution in [2.75, 3.05) is 14.2 Å². The highest BCUT2D eigenvalue weighted by Gasteiger charge is 2.15. The lowest BCUT2D eigenvalue weighted by atomic mass is 10.0. The smallest absolute Gasteiger partial charge is 0.330 e. The molecular formula is C23H26N2O5. The minimum absolute atomic E-state index is 0.0418. The van der Waals surface area contributed by atoms with Crippen LogP contribution in [0.3, 0.4) is 0 Å². The monoisotopic (exact) mass is 410 g/mol. The minimum atomic E-state index is -0.485. The molecule has 158 valence electrons. The Labute approximate surface area is 174 Å². The number of H-pyrrole nitrogens is 1. The molecule has 2 aromatic carbocycles. The van der Waals surface area contributed by atoms with E-state index in [1.165, 1.54) is 4.57 Å². The number of nitrogens with one attached hydrogen (secondary N) is 1. The highest BCUT2D eigenvalue weighted by atomic mass is 16.5. The molecule has 1 heterocycles. The Morgan fingerprint density at radius 3 is 2.33 bits per heavy atom. The number of aromatic nitrogens is 2. The van der Waals surface area contributed by atoms with Crippen LogP contribution < -0.4 is 20.7 Å². The van der Waals surface area contributed by atoms with Crippen molar-refractivity contribution < 1.29 is 14.2 Å². The first-order chi connectivity index (χ1) is 14.6. The summed E-state index contributed by atoms with van der Waals surface area (Å²) >= 11 is 0. The van der Waals surface area contributed by atoms with Crippen LogP contribution in [0.5, 0.6) is 11.5 Å². The van der Waals surface area contributed by atoms with Crippen molar-refractivity contribution in [3.63, 3.8) is 0 Å². The quantitative estimate of drug-likeness (QED) is 0.587. The lowest BCUT2D eigenvalue weighted by molar-refractivity contribution is 0.0589. The first-order valence-corrected chi connectivity index (χ1v) is 9.74. The number of nitrogens with zero attached hydrogens (tertiary/aromatic N) is 1. The van der Waals surface area contributed by atoms with Crippen LogP contribution in [0.4, 0.5) is 0 Å². The van der Waals surface area contributed by atoms with Crippen molar-refractivity contribution in [2.45, 2.75) is 33.1 Å². The lowest BCUT2D eigenvalue weighted by Crippen LogP contribution is -2.36. The zero-order valence-corrected chi connectivity index (χ0v) is 17.4. The normalized spacial score (nSPS) is 10.8. The Morgan fingerprint density at radius 2 is 1.67 bits per heavy atom. The fraction of sp³-hybridized carbons (Fsp3) is 0.304. The van der Waals surface area contributed by atoms with Gasteiger partial charge in [-0.05, 0) is 29.7 Å². The van der Waals surface area contributed by atoms with Gasteiger partial charge in [0.05, 0.1) is 20.8 Å². The predicted molar refractivity (Wildman–Crippen MR) is 114 cm³/mol. The number of benzene rings is 2. The van der Waals surface area contributed by atoms with Gasteiger partial charge in [-0.1, -0.05) is 43.3 Å². The van der Waals surface area contributed by atoms with E-state index in [2.05, 4.69) is 4.98 Å². The number of aromatic amines is 1. The summed E-state index contributed by atoms with van der Waals surface area (Å²) in [6, 6.07) is 15.3. The molecule has 1 aromatic heterocycles. The second-order valence-corrected chi connectivity index (χ2v) is 6.80. The number of methoxy groups -OCH3 is 2. The lowest BCUT2D eigenvalue weighted by Gasteiger charge is -2.17. The van der Waals surface area contributed by atoms with E-state index in [1.54, 1.807) is 20.3 Å². The summed E-state index contributed by atoms with van der Waals surface area (Å²) in [5.74, 6) is 1.21.